The van der Waals surface area contributed by atoms with E-state index < -0.39 is 17.7 Å². The molecule has 34 heavy (non-hydrogen) atoms. The zero-order valence-electron chi connectivity index (χ0n) is 18.7. The van der Waals surface area contributed by atoms with E-state index in [2.05, 4.69) is 25.1 Å². The van der Waals surface area contributed by atoms with Gasteiger partial charge in [0, 0.05) is 6.04 Å². The smallest absolute Gasteiger partial charge is 0.416 e. The molecule has 178 valence electrons. The highest BCUT2D eigenvalue weighted by molar-refractivity contribution is 5.94. The maximum absolute atomic E-state index is 13.0. The van der Waals surface area contributed by atoms with E-state index in [1.165, 1.54) is 16.7 Å². The fourth-order valence-electron chi connectivity index (χ4n) is 3.94. The van der Waals surface area contributed by atoms with Gasteiger partial charge in [0.1, 0.15) is 0 Å². The third kappa shape index (κ3) is 4.66. The Bertz CT molecular complexity index is 1240. The minimum absolute atomic E-state index is 0.0377. The van der Waals surface area contributed by atoms with Gasteiger partial charge in [0.25, 0.3) is 0 Å². The zero-order valence-corrected chi connectivity index (χ0v) is 18.7. The van der Waals surface area contributed by atoms with Crippen LogP contribution in [0.2, 0.25) is 0 Å². The molecule has 0 amide bonds. The van der Waals surface area contributed by atoms with Crippen molar-refractivity contribution in [3.63, 3.8) is 0 Å². The normalized spacial score (nSPS) is 14.9. The molecule has 8 nitrogen and oxygen atoms in total. The molecule has 0 radical (unpaired) electrons. The summed E-state index contributed by atoms with van der Waals surface area (Å²) in [5.74, 6) is -0.0738. The van der Waals surface area contributed by atoms with Gasteiger partial charge in [-0.2, -0.15) is 18.2 Å². The summed E-state index contributed by atoms with van der Waals surface area (Å²) in [6.07, 6.45) is -1.13. The number of hydrogen-bond acceptors (Lipinski definition) is 6. The van der Waals surface area contributed by atoms with E-state index in [1.54, 1.807) is 6.92 Å². The first kappa shape index (κ1) is 23.5. The van der Waals surface area contributed by atoms with E-state index in [-0.39, 0.29) is 36.6 Å². The number of alkyl halides is 3. The van der Waals surface area contributed by atoms with Crippen LogP contribution < -0.4 is 5.32 Å². The molecule has 1 aliphatic rings. The van der Waals surface area contributed by atoms with Crippen molar-refractivity contribution in [2.45, 2.75) is 51.9 Å². The summed E-state index contributed by atoms with van der Waals surface area (Å²) in [5.41, 5.74) is 0.282. The summed E-state index contributed by atoms with van der Waals surface area (Å²) in [6.45, 7) is 11.2. The van der Waals surface area contributed by atoms with Gasteiger partial charge in [-0.3, -0.25) is 0 Å². The van der Waals surface area contributed by atoms with Crippen LogP contribution in [0.5, 0.6) is 0 Å². The van der Waals surface area contributed by atoms with Crippen molar-refractivity contribution in [3.8, 4) is 0 Å². The van der Waals surface area contributed by atoms with Crippen LogP contribution in [0.15, 0.2) is 24.3 Å². The number of anilines is 1. The van der Waals surface area contributed by atoms with Crippen LogP contribution in [0.3, 0.4) is 0 Å². The van der Waals surface area contributed by atoms with Crippen molar-refractivity contribution < 1.29 is 22.7 Å². The third-order valence-electron chi connectivity index (χ3n) is 5.99. The predicted octanol–water partition coefficient (Wildman–Crippen LogP) is 5.22. The Labute approximate surface area is 194 Å². The van der Waals surface area contributed by atoms with Gasteiger partial charge in [-0.1, -0.05) is 18.6 Å². The quantitative estimate of drug-likeness (QED) is 0.375. The first-order valence-electron chi connectivity index (χ1n) is 11.0. The van der Waals surface area contributed by atoms with Crippen LogP contribution in [-0.2, 0) is 17.5 Å². The van der Waals surface area contributed by atoms with Crippen LogP contribution >= 0.6 is 0 Å². The van der Waals surface area contributed by atoms with Gasteiger partial charge in [-0.25, -0.2) is 4.79 Å². The number of imidazole rings is 1. The van der Waals surface area contributed by atoms with Crippen molar-refractivity contribution >= 4 is 28.9 Å². The maximum atomic E-state index is 13.0. The molecule has 1 N–H and O–H groups in total. The number of hydrogen-bond donors (Lipinski definition) is 1. The number of nitrogens with one attached hydrogen (secondary N) is 1. The largest absolute Gasteiger partial charge is 0.460 e. The lowest BCUT2D eigenvalue weighted by atomic mass is 9.80. The molecule has 3 aromatic rings. The van der Waals surface area contributed by atoms with Crippen molar-refractivity contribution in [1.82, 2.24) is 19.5 Å². The number of esters is 1. The predicted molar refractivity (Wildman–Crippen MR) is 119 cm³/mol. The van der Waals surface area contributed by atoms with Crippen molar-refractivity contribution in [2.75, 3.05) is 11.9 Å². The lowest BCUT2D eigenvalue weighted by Crippen LogP contribution is -2.31. The van der Waals surface area contributed by atoms with Crippen molar-refractivity contribution in [2.24, 2.45) is 5.92 Å². The van der Waals surface area contributed by atoms with Gasteiger partial charge in [0.05, 0.1) is 18.7 Å². The first-order valence-corrected chi connectivity index (χ1v) is 11.0. The molecule has 0 bridgehead atoms. The number of carbonyl (C=O) groups excluding carboxylic acids is 1. The third-order valence-corrected chi connectivity index (χ3v) is 5.99. The highest BCUT2D eigenvalue weighted by Gasteiger charge is 2.31. The average molecular weight is 472 g/mol. The summed E-state index contributed by atoms with van der Waals surface area (Å²) >= 11 is 0. The second-order valence-electron chi connectivity index (χ2n) is 8.22. The summed E-state index contributed by atoms with van der Waals surface area (Å²) in [6, 6.07) is 4.74. The van der Waals surface area contributed by atoms with E-state index >= 15 is 0 Å². The zero-order chi connectivity index (χ0) is 24.5. The Morgan fingerprint density at radius 1 is 1.26 bits per heavy atom. The van der Waals surface area contributed by atoms with Gasteiger partial charge in [-0.15, -0.1) is 16.5 Å². The standard InChI is InChI=1S/C23H23F3N6O2/c1-4-34-21(33)20-29-19-17(32(20)12-14-8-10-16(11-9-14)23(24,25)26)18(30-22(27-3)31-19)28-13(2)15-6-5-7-15/h8-11,13,15H,4-7,12H2,1-2H3,(H,28,30,31)/t13-/m1/s1. The number of carbonyl (C=O) groups is 1. The summed E-state index contributed by atoms with van der Waals surface area (Å²) in [7, 11) is 0. The second kappa shape index (κ2) is 9.29. The number of halogens is 3. The molecule has 1 fully saturated rings. The molecule has 2 heterocycles. The topological polar surface area (TPSA) is 86.3 Å². The second-order valence-corrected chi connectivity index (χ2v) is 8.22. The van der Waals surface area contributed by atoms with E-state index in [0.29, 0.717) is 22.8 Å². The molecule has 0 spiro atoms. The monoisotopic (exact) mass is 472 g/mol. The molecule has 1 atom stereocenters. The summed E-state index contributed by atoms with van der Waals surface area (Å²) in [5, 5.41) is 3.34. The highest BCUT2D eigenvalue weighted by atomic mass is 19.4. The maximum Gasteiger partial charge on any atom is 0.416 e. The van der Waals surface area contributed by atoms with Crippen LogP contribution in [0.25, 0.3) is 16.0 Å². The molecule has 0 unspecified atom stereocenters. The number of nitrogens with zero attached hydrogens (tertiary/aromatic N) is 5. The average Bonchev–Trinajstić information content (AvgIpc) is 3.11. The fraction of sp³-hybridized carbons (Fsp3) is 0.435. The van der Waals surface area contributed by atoms with Crippen LogP contribution in [0, 0.1) is 12.5 Å². The number of rotatable bonds is 7. The first-order chi connectivity index (χ1) is 16.2. The van der Waals surface area contributed by atoms with E-state index in [4.69, 9.17) is 11.3 Å². The number of aromatic nitrogens is 4. The number of ether oxygens (including phenoxy) is 1. The van der Waals surface area contributed by atoms with Crippen molar-refractivity contribution in [3.05, 3.63) is 52.6 Å². The Balaban J connectivity index is 1.82. The lowest BCUT2D eigenvalue weighted by molar-refractivity contribution is -0.137. The van der Waals surface area contributed by atoms with Crippen LogP contribution in [0.4, 0.5) is 24.9 Å². The molecule has 1 aliphatic carbocycles. The summed E-state index contributed by atoms with van der Waals surface area (Å²) < 4.78 is 45.6. The van der Waals surface area contributed by atoms with Gasteiger partial charge >= 0.3 is 18.1 Å². The molecule has 11 heteroatoms. The molecular formula is C23H23F3N6O2. The SMILES string of the molecule is [C-]#[N+]c1nc(N[C@H](C)C2CCC2)c2c(n1)nc(C(=O)OCC)n2Cc1ccc(C(F)(F)F)cc1. The van der Waals surface area contributed by atoms with Gasteiger partial charge in [-0.05, 0) is 50.3 Å². The molecule has 4 rings (SSSR count). The molecular weight excluding hydrogens is 449 g/mol. The van der Waals surface area contributed by atoms with Gasteiger partial charge in [0.2, 0.25) is 17.3 Å². The van der Waals surface area contributed by atoms with E-state index in [1.807, 2.05) is 6.92 Å². The van der Waals surface area contributed by atoms with Gasteiger partial charge in [0.15, 0.2) is 5.52 Å². The minimum atomic E-state index is -4.45. The van der Waals surface area contributed by atoms with Crippen molar-refractivity contribution in [1.29, 1.82) is 0 Å². The Morgan fingerprint density at radius 3 is 2.53 bits per heavy atom. The van der Waals surface area contributed by atoms with Crippen LogP contribution in [0.1, 0.15) is 54.9 Å². The van der Waals surface area contributed by atoms with E-state index in [9.17, 15) is 18.0 Å². The van der Waals surface area contributed by atoms with Crippen LogP contribution in [-0.4, -0.2) is 38.1 Å². The fourth-order valence-corrected chi connectivity index (χ4v) is 3.94. The number of benzene rings is 1. The molecule has 0 saturated heterocycles. The molecule has 2 aromatic heterocycles. The lowest BCUT2D eigenvalue weighted by Gasteiger charge is -2.31. The highest BCUT2D eigenvalue weighted by Crippen LogP contribution is 2.33. The Morgan fingerprint density at radius 2 is 1.97 bits per heavy atom. The molecule has 1 saturated carbocycles. The minimum Gasteiger partial charge on any atom is -0.460 e. The Hall–Kier alpha value is -3.68. The molecule has 1 aromatic carbocycles. The molecule has 0 aliphatic heterocycles. The van der Waals surface area contributed by atoms with E-state index in [0.717, 1.165) is 31.4 Å². The Kier molecular flexibility index (Phi) is 6.41. The van der Waals surface area contributed by atoms with Gasteiger partial charge < -0.3 is 19.5 Å². The number of fused-ring (bicyclic) bond motifs is 1. The summed E-state index contributed by atoms with van der Waals surface area (Å²) in [4.78, 5) is 28.8.